The fourth-order valence-corrected chi connectivity index (χ4v) is 3.63. The second kappa shape index (κ2) is 4.80. The largest absolute Gasteiger partial charge is 0.326 e. The van der Waals surface area contributed by atoms with Crippen LogP contribution in [-0.2, 0) is 6.42 Å². The molecule has 0 spiro atoms. The lowest BCUT2D eigenvalue weighted by atomic mass is 9.91. The molecule has 0 radical (unpaired) electrons. The molecule has 88 valence electrons. The van der Waals surface area contributed by atoms with E-state index in [4.69, 9.17) is 5.73 Å². The van der Waals surface area contributed by atoms with Crippen molar-refractivity contribution in [2.24, 2.45) is 5.73 Å². The highest BCUT2D eigenvalue weighted by Crippen LogP contribution is 2.40. The Kier molecular flexibility index (Phi) is 3.60. The van der Waals surface area contributed by atoms with Crippen molar-refractivity contribution >= 4 is 11.8 Å². The van der Waals surface area contributed by atoms with Gasteiger partial charge >= 0.3 is 0 Å². The minimum atomic E-state index is 0.280. The molecule has 1 aromatic carbocycles. The molecule has 1 saturated heterocycles. The van der Waals surface area contributed by atoms with Gasteiger partial charge in [0.05, 0.1) is 0 Å². The van der Waals surface area contributed by atoms with Gasteiger partial charge in [0.15, 0.2) is 0 Å². The van der Waals surface area contributed by atoms with Crippen molar-refractivity contribution in [2.45, 2.75) is 43.9 Å². The van der Waals surface area contributed by atoms with Gasteiger partial charge in [-0.15, -0.1) is 0 Å². The molecule has 1 aliphatic heterocycles. The first-order valence-corrected chi connectivity index (χ1v) is 7.04. The molecule has 0 aromatic heterocycles. The molecule has 2 atom stereocenters. The van der Waals surface area contributed by atoms with Crippen LogP contribution in [0.1, 0.15) is 30.9 Å². The maximum Gasteiger partial charge on any atom is 0.0286 e. The molecular formula is C14H21NS. The van der Waals surface area contributed by atoms with Crippen LogP contribution in [0.4, 0.5) is 0 Å². The van der Waals surface area contributed by atoms with Crippen LogP contribution in [-0.4, -0.2) is 16.5 Å². The van der Waals surface area contributed by atoms with E-state index in [0.29, 0.717) is 4.75 Å². The van der Waals surface area contributed by atoms with Crippen LogP contribution < -0.4 is 5.73 Å². The number of rotatable bonds is 3. The minimum absolute atomic E-state index is 0.280. The molecule has 0 aliphatic carbocycles. The molecule has 1 aliphatic rings. The van der Waals surface area contributed by atoms with Gasteiger partial charge in [-0.1, -0.05) is 29.8 Å². The maximum atomic E-state index is 6.36. The molecule has 2 unspecified atom stereocenters. The Morgan fingerprint density at radius 3 is 2.62 bits per heavy atom. The first kappa shape index (κ1) is 12.0. The smallest absolute Gasteiger partial charge is 0.0286 e. The van der Waals surface area contributed by atoms with Crippen molar-refractivity contribution in [1.82, 2.24) is 0 Å². The molecular weight excluding hydrogens is 214 g/mol. The lowest BCUT2D eigenvalue weighted by molar-refractivity contribution is 0.482. The van der Waals surface area contributed by atoms with Crippen LogP contribution in [0.5, 0.6) is 0 Å². The van der Waals surface area contributed by atoms with E-state index in [1.807, 2.05) is 0 Å². The lowest BCUT2D eigenvalue weighted by Gasteiger charge is -2.30. The third-order valence-corrected chi connectivity index (χ3v) is 5.27. The summed E-state index contributed by atoms with van der Waals surface area (Å²) in [7, 11) is 0. The monoisotopic (exact) mass is 235 g/mol. The van der Waals surface area contributed by atoms with Gasteiger partial charge in [0, 0.05) is 10.8 Å². The van der Waals surface area contributed by atoms with E-state index < -0.39 is 0 Å². The zero-order valence-electron chi connectivity index (χ0n) is 10.2. The van der Waals surface area contributed by atoms with Crippen LogP contribution in [0, 0.1) is 6.92 Å². The third-order valence-electron chi connectivity index (χ3n) is 3.61. The van der Waals surface area contributed by atoms with Gasteiger partial charge in [0.1, 0.15) is 0 Å². The average Bonchev–Trinajstić information content (AvgIpc) is 2.70. The van der Waals surface area contributed by atoms with E-state index in [1.54, 1.807) is 0 Å². The molecule has 2 rings (SSSR count). The minimum Gasteiger partial charge on any atom is -0.326 e. The first-order chi connectivity index (χ1) is 7.60. The average molecular weight is 235 g/mol. The summed E-state index contributed by atoms with van der Waals surface area (Å²) < 4.78 is 0.297. The van der Waals surface area contributed by atoms with Crippen LogP contribution in [0.15, 0.2) is 24.3 Å². The quantitative estimate of drug-likeness (QED) is 0.871. The zero-order valence-corrected chi connectivity index (χ0v) is 11.0. The van der Waals surface area contributed by atoms with E-state index >= 15 is 0 Å². The molecule has 0 bridgehead atoms. The lowest BCUT2D eigenvalue weighted by Crippen LogP contribution is -2.42. The topological polar surface area (TPSA) is 26.0 Å². The van der Waals surface area contributed by atoms with Crippen LogP contribution >= 0.6 is 11.8 Å². The van der Waals surface area contributed by atoms with E-state index in [0.717, 1.165) is 6.42 Å². The predicted octanol–water partition coefficient (Wildman–Crippen LogP) is 3.15. The molecule has 2 N–H and O–H groups in total. The van der Waals surface area contributed by atoms with Crippen LogP contribution in [0.2, 0.25) is 0 Å². The van der Waals surface area contributed by atoms with E-state index in [-0.39, 0.29) is 6.04 Å². The molecule has 0 amide bonds. The van der Waals surface area contributed by atoms with Crippen molar-refractivity contribution in [3.63, 3.8) is 0 Å². The SMILES string of the molecule is Cc1ccc(CC(N)C2(C)CCCS2)cc1. The number of hydrogen-bond acceptors (Lipinski definition) is 2. The number of nitrogens with two attached hydrogens (primary N) is 1. The van der Waals surface area contributed by atoms with Crippen molar-refractivity contribution in [3.05, 3.63) is 35.4 Å². The standard InChI is InChI=1S/C14H21NS/c1-11-4-6-12(7-5-11)10-13(15)14(2)8-3-9-16-14/h4-7,13H,3,8-10,15H2,1-2H3. The Morgan fingerprint density at radius 1 is 1.38 bits per heavy atom. The normalized spacial score (nSPS) is 26.9. The molecule has 1 aromatic rings. The molecule has 0 saturated carbocycles. The fourth-order valence-electron chi connectivity index (χ4n) is 2.29. The number of aryl methyl sites for hydroxylation is 1. The molecule has 1 fully saturated rings. The summed E-state index contributed by atoms with van der Waals surface area (Å²) in [4.78, 5) is 0. The van der Waals surface area contributed by atoms with Gasteiger partial charge in [-0.3, -0.25) is 0 Å². The highest BCUT2D eigenvalue weighted by Gasteiger charge is 2.35. The summed E-state index contributed by atoms with van der Waals surface area (Å²) in [5, 5.41) is 0. The molecule has 16 heavy (non-hydrogen) atoms. The van der Waals surface area contributed by atoms with Gasteiger partial charge in [0.25, 0.3) is 0 Å². The number of benzene rings is 1. The van der Waals surface area contributed by atoms with Crippen LogP contribution in [0.25, 0.3) is 0 Å². The van der Waals surface area contributed by atoms with Gasteiger partial charge in [0.2, 0.25) is 0 Å². The Morgan fingerprint density at radius 2 is 2.06 bits per heavy atom. The highest BCUT2D eigenvalue weighted by atomic mass is 32.2. The summed E-state index contributed by atoms with van der Waals surface area (Å²) in [5.74, 6) is 1.28. The Hall–Kier alpha value is -0.470. The number of hydrogen-bond donors (Lipinski definition) is 1. The second-order valence-corrected chi connectivity index (χ2v) is 6.69. The molecule has 2 heteroatoms. The summed E-state index contributed by atoms with van der Waals surface area (Å²) in [6, 6.07) is 9.04. The molecule has 1 nitrogen and oxygen atoms in total. The van der Waals surface area contributed by atoms with Gasteiger partial charge in [-0.2, -0.15) is 11.8 Å². The summed E-state index contributed by atoms with van der Waals surface area (Å²) in [5.41, 5.74) is 9.05. The summed E-state index contributed by atoms with van der Waals surface area (Å²) >= 11 is 2.05. The van der Waals surface area contributed by atoms with E-state index in [9.17, 15) is 0 Å². The zero-order chi connectivity index (χ0) is 11.6. The van der Waals surface area contributed by atoms with Crippen molar-refractivity contribution < 1.29 is 0 Å². The Labute approximate surface area is 103 Å². The van der Waals surface area contributed by atoms with Crippen molar-refractivity contribution in [2.75, 3.05) is 5.75 Å². The van der Waals surface area contributed by atoms with E-state index in [1.165, 1.54) is 29.7 Å². The Balaban J connectivity index is 2.01. The first-order valence-electron chi connectivity index (χ1n) is 6.05. The summed E-state index contributed by atoms with van der Waals surface area (Å²) in [6.45, 7) is 4.45. The van der Waals surface area contributed by atoms with Gasteiger partial charge in [-0.25, -0.2) is 0 Å². The second-order valence-electron chi connectivity index (χ2n) is 5.06. The fraction of sp³-hybridized carbons (Fsp3) is 0.571. The number of thioether (sulfide) groups is 1. The highest BCUT2D eigenvalue weighted by molar-refractivity contribution is 8.00. The predicted molar refractivity (Wildman–Crippen MR) is 73.0 cm³/mol. The van der Waals surface area contributed by atoms with Crippen molar-refractivity contribution in [1.29, 1.82) is 0 Å². The Bertz CT molecular complexity index is 338. The summed E-state index contributed by atoms with van der Waals surface area (Å²) in [6.07, 6.45) is 3.59. The third kappa shape index (κ3) is 2.61. The van der Waals surface area contributed by atoms with Crippen molar-refractivity contribution in [3.8, 4) is 0 Å². The van der Waals surface area contributed by atoms with E-state index in [2.05, 4.69) is 49.9 Å². The molecule has 1 heterocycles. The maximum absolute atomic E-state index is 6.36. The van der Waals surface area contributed by atoms with Crippen LogP contribution in [0.3, 0.4) is 0 Å². The van der Waals surface area contributed by atoms with Gasteiger partial charge < -0.3 is 5.73 Å². The van der Waals surface area contributed by atoms with Gasteiger partial charge in [-0.05, 0) is 44.4 Å².